The molecule has 0 atom stereocenters. The minimum absolute atomic E-state index is 0.346. The number of carbonyl (C=O) groups excluding carboxylic acids is 2. The molecular weight excluding hydrogens is 299 g/mol. The third-order valence-corrected chi connectivity index (χ3v) is 3.66. The molecule has 2 amide bonds. The number of amides is 2. The number of hydrogen-bond acceptors (Lipinski definition) is 4. The Balaban J connectivity index is 1.73. The molecule has 0 unspecified atom stereocenters. The molecule has 7 heteroatoms. The van der Waals surface area contributed by atoms with Gasteiger partial charge < -0.3 is 10.2 Å². The lowest BCUT2D eigenvalue weighted by molar-refractivity contribution is -0.134. The summed E-state index contributed by atoms with van der Waals surface area (Å²) >= 11 is 0. The highest BCUT2D eigenvalue weighted by Gasteiger charge is 2.29. The first kappa shape index (κ1) is 15.1. The zero-order valence-electron chi connectivity index (χ0n) is 12.5. The number of hydrogen-bond donors (Lipinski definition) is 1. The molecule has 1 N–H and O–H groups in total. The van der Waals surface area contributed by atoms with Gasteiger partial charge in [-0.3, -0.25) is 9.59 Å². The molecule has 0 bridgehead atoms. The molecule has 23 heavy (non-hydrogen) atoms. The summed E-state index contributed by atoms with van der Waals surface area (Å²) in [7, 11) is 0. The molecule has 1 aliphatic rings. The quantitative estimate of drug-likeness (QED) is 0.856. The van der Waals surface area contributed by atoms with Crippen molar-refractivity contribution in [2.75, 3.05) is 16.8 Å². The fraction of sp³-hybridized carbons (Fsp3) is 0.250. The minimum Gasteiger partial charge on any atom is -0.315 e. The molecule has 3 rings (SSSR count). The highest BCUT2D eigenvalue weighted by molar-refractivity contribution is 6.44. The van der Waals surface area contributed by atoms with E-state index in [1.807, 2.05) is 6.92 Å². The second kappa shape index (κ2) is 6.12. The van der Waals surface area contributed by atoms with Crippen molar-refractivity contribution >= 4 is 23.2 Å². The van der Waals surface area contributed by atoms with Gasteiger partial charge in [0.15, 0.2) is 0 Å². The molecule has 1 aliphatic heterocycles. The second-order valence-corrected chi connectivity index (χ2v) is 5.18. The highest BCUT2D eigenvalue weighted by Crippen LogP contribution is 2.28. The van der Waals surface area contributed by atoms with Crippen LogP contribution in [0.1, 0.15) is 18.3 Å². The molecule has 0 saturated carbocycles. The van der Waals surface area contributed by atoms with Crippen LogP contribution in [0.5, 0.6) is 0 Å². The van der Waals surface area contributed by atoms with E-state index in [2.05, 4.69) is 15.3 Å². The van der Waals surface area contributed by atoms with Gasteiger partial charge >= 0.3 is 11.8 Å². The van der Waals surface area contributed by atoms with Gasteiger partial charge in [-0.15, -0.1) is 0 Å². The topological polar surface area (TPSA) is 75.2 Å². The summed E-state index contributed by atoms with van der Waals surface area (Å²) in [5.74, 6) is -1.31. The number of halogens is 1. The van der Waals surface area contributed by atoms with Crippen LogP contribution >= 0.6 is 0 Å². The Morgan fingerprint density at radius 3 is 2.74 bits per heavy atom. The number of rotatable bonds is 2. The molecule has 0 spiro atoms. The molecule has 2 heterocycles. The molecule has 0 radical (unpaired) electrons. The molecule has 0 saturated heterocycles. The standard InChI is InChI=1S/C16H15FN4O2/c1-2-14-18-8-12(9-19-14)20-15(22)16(23)21-6-5-10-3-4-11(17)7-13(10)21/h3-4,7-9H,2,5-6H2,1H3,(H,20,22). The number of anilines is 2. The fourth-order valence-corrected chi connectivity index (χ4v) is 2.47. The number of nitrogens with zero attached hydrogens (tertiary/aromatic N) is 3. The van der Waals surface area contributed by atoms with Crippen LogP contribution in [0.15, 0.2) is 30.6 Å². The number of nitrogens with one attached hydrogen (secondary N) is 1. The molecule has 2 aromatic rings. The first-order chi connectivity index (χ1) is 11.1. The molecule has 1 aromatic heterocycles. The maximum atomic E-state index is 13.4. The number of benzene rings is 1. The maximum Gasteiger partial charge on any atom is 0.316 e. The van der Waals surface area contributed by atoms with Crippen LogP contribution in [0.3, 0.4) is 0 Å². The summed E-state index contributed by atoms with van der Waals surface area (Å²) in [6.07, 6.45) is 4.19. The van der Waals surface area contributed by atoms with Gasteiger partial charge in [-0.25, -0.2) is 14.4 Å². The summed E-state index contributed by atoms with van der Waals surface area (Å²) in [6.45, 7) is 2.28. The summed E-state index contributed by atoms with van der Waals surface area (Å²) in [5, 5.41) is 2.47. The van der Waals surface area contributed by atoms with Crippen LogP contribution in [0.2, 0.25) is 0 Å². The first-order valence-electron chi connectivity index (χ1n) is 7.30. The van der Waals surface area contributed by atoms with E-state index < -0.39 is 17.6 Å². The van der Waals surface area contributed by atoms with Crippen molar-refractivity contribution in [2.24, 2.45) is 0 Å². The summed E-state index contributed by atoms with van der Waals surface area (Å²) in [5.41, 5.74) is 1.64. The maximum absolute atomic E-state index is 13.4. The van der Waals surface area contributed by atoms with E-state index in [0.717, 1.165) is 5.56 Å². The van der Waals surface area contributed by atoms with Crippen LogP contribution < -0.4 is 10.2 Å². The van der Waals surface area contributed by atoms with Gasteiger partial charge in [-0.1, -0.05) is 13.0 Å². The lowest BCUT2D eigenvalue weighted by atomic mass is 10.2. The largest absolute Gasteiger partial charge is 0.316 e. The van der Waals surface area contributed by atoms with E-state index in [0.29, 0.717) is 36.6 Å². The van der Waals surface area contributed by atoms with Gasteiger partial charge in [0.25, 0.3) is 0 Å². The number of carbonyl (C=O) groups is 2. The van der Waals surface area contributed by atoms with E-state index in [-0.39, 0.29) is 0 Å². The molecule has 118 valence electrons. The normalized spacial score (nSPS) is 12.9. The SMILES string of the molecule is CCc1ncc(NC(=O)C(=O)N2CCc3ccc(F)cc32)cn1. The Kier molecular flexibility index (Phi) is 4.01. The fourth-order valence-electron chi connectivity index (χ4n) is 2.47. The zero-order chi connectivity index (χ0) is 16.4. The van der Waals surface area contributed by atoms with Crippen molar-refractivity contribution in [3.05, 3.63) is 47.8 Å². The summed E-state index contributed by atoms with van der Waals surface area (Å²) in [6, 6.07) is 4.25. The van der Waals surface area contributed by atoms with Gasteiger partial charge in [0.1, 0.15) is 11.6 Å². The van der Waals surface area contributed by atoms with Crippen LogP contribution in [-0.2, 0) is 22.4 Å². The number of aromatic nitrogens is 2. The lowest BCUT2D eigenvalue weighted by Gasteiger charge is -2.16. The van der Waals surface area contributed by atoms with Gasteiger partial charge in [-0.2, -0.15) is 0 Å². The van der Waals surface area contributed by atoms with Gasteiger partial charge in [0, 0.05) is 13.0 Å². The molecule has 0 aliphatic carbocycles. The number of fused-ring (bicyclic) bond motifs is 1. The van der Waals surface area contributed by atoms with Crippen molar-refractivity contribution < 1.29 is 14.0 Å². The van der Waals surface area contributed by atoms with Crippen LogP contribution in [0.25, 0.3) is 0 Å². The van der Waals surface area contributed by atoms with Crippen molar-refractivity contribution in [3.63, 3.8) is 0 Å². The van der Waals surface area contributed by atoms with Crippen molar-refractivity contribution in [1.82, 2.24) is 9.97 Å². The van der Waals surface area contributed by atoms with E-state index in [4.69, 9.17) is 0 Å². The smallest absolute Gasteiger partial charge is 0.315 e. The minimum atomic E-state index is -0.796. The number of aryl methyl sites for hydroxylation is 1. The first-order valence-corrected chi connectivity index (χ1v) is 7.30. The molecule has 6 nitrogen and oxygen atoms in total. The Bertz CT molecular complexity index is 761. The zero-order valence-corrected chi connectivity index (χ0v) is 12.5. The average molecular weight is 314 g/mol. The van der Waals surface area contributed by atoms with E-state index >= 15 is 0 Å². The Hall–Kier alpha value is -2.83. The molecule has 1 aromatic carbocycles. The van der Waals surface area contributed by atoms with Crippen molar-refractivity contribution in [2.45, 2.75) is 19.8 Å². The lowest BCUT2D eigenvalue weighted by Crippen LogP contribution is -2.38. The van der Waals surface area contributed by atoms with Gasteiger partial charge in [0.2, 0.25) is 0 Å². The Labute approximate surface area is 132 Å². The second-order valence-electron chi connectivity index (χ2n) is 5.18. The Morgan fingerprint density at radius 2 is 2.04 bits per heavy atom. The van der Waals surface area contributed by atoms with Gasteiger partial charge in [-0.05, 0) is 24.1 Å². The van der Waals surface area contributed by atoms with E-state index in [1.165, 1.54) is 29.4 Å². The third-order valence-electron chi connectivity index (χ3n) is 3.66. The van der Waals surface area contributed by atoms with E-state index in [1.54, 1.807) is 6.07 Å². The Morgan fingerprint density at radius 1 is 1.30 bits per heavy atom. The predicted molar refractivity (Wildman–Crippen MR) is 82.5 cm³/mol. The van der Waals surface area contributed by atoms with Crippen LogP contribution in [-0.4, -0.2) is 28.3 Å². The van der Waals surface area contributed by atoms with Crippen LogP contribution in [0.4, 0.5) is 15.8 Å². The predicted octanol–water partition coefficient (Wildman–Crippen LogP) is 1.71. The van der Waals surface area contributed by atoms with E-state index in [9.17, 15) is 14.0 Å². The van der Waals surface area contributed by atoms with Crippen molar-refractivity contribution in [1.29, 1.82) is 0 Å². The van der Waals surface area contributed by atoms with Gasteiger partial charge in [0.05, 0.1) is 23.8 Å². The molecule has 0 fully saturated rings. The third kappa shape index (κ3) is 3.03. The highest BCUT2D eigenvalue weighted by atomic mass is 19.1. The summed E-state index contributed by atoms with van der Waals surface area (Å²) in [4.78, 5) is 33.8. The molecular formula is C16H15FN4O2. The van der Waals surface area contributed by atoms with Crippen molar-refractivity contribution in [3.8, 4) is 0 Å². The van der Waals surface area contributed by atoms with Crippen LogP contribution in [0, 0.1) is 5.82 Å². The summed E-state index contributed by atoms with van der Waals surface area (Å²) < 4.78 is 13.4. The average Bonchev–Trinajstić information content (AvgIpc) is 2.97. The monoisotopic (exact) mass is 314 g/mol.